The third kappa shape index (κ3) is 8.44. The van der Waals surface area contributed by atoms with E-state index < -0.39 is 18.6 Å². The Morgan fingerprint density at radius 2 is 1.82 bits per heavy atom. The van der Waals surface area contributed by atoms with E-state index in [1.54, 1.807) is 0 Å². The molecule has 0 amide bonds. The summed E-state index contributed by atoms with van der Waals surface area (Å²) in [6.45, 7) is 3.20. The highest BCUT2D eigenvalue weighted by atomic mass is 19.4. The second kappa shape index (κ2) is 8.75. The summed E-state index contributed by atoms with van der Waals surface area (Å²) < 4.78 is 42.3. The van der Waals surface area contributed by atoms with E-state index in [4.69, 9.17) is 10.5 Å². The highest BCUT2D eigenvalue weighted by molar-refractivity contribution is 4.68. The van der Waals surface area contributed by atoms with Crippen LogP contribution in [0.2, 0.25) is 0 Å². The molecule has 0 heterocycles. The smallest absolute Gasteiger partial charge is 0.378 e. The SMILES string of the molecule is CCCCCCC(C)OCC(CN)C(F)(F)F. The van der Waals surface area contributed by atoms with Gasteiger partial charge in [0.05, 0.1) is 18.6 Å². The quantitative estimate of drug-likeness (QED) is 0.640. The number of nitrogens with two attached hydrogens (primary N) is 1. The lowest BCUT2D eigenvalue weighted by Crippen LogP contribution is -2.35. The summed E-state index contributed by atoms with van der Waals surface area (Å²) in [6, 6.07) is 0. The molecule has 5 heteroatoms. The zero-order valence-electron chi connectivity index (χ0n) is 10.7. The zero-order chi connectivity index (χ0) is 13.3. The lowest BCUT2D eigenvalue weighted by atomic mass is 10.1. The third-order valence-corrected chi connectivity index (χ3v) is 2.79. The number of ether oxygens (including phenoxy) is 1. The molecular weight excluding hydrogens is 231 g/mol. The Hall–Kier alpha value is -0.290. The number of alkyl halides is 3. The molecule has 0 radical (unpaired) electrons. The Kier molecular flexibility index (Phi) is 8.60. The average molecular weight is 255 g/mol. The van der Waals surface area contributed by atoms with Crippen LogP contribution in [0, 0.1) is 5.92 Å². The number of halogens is 3. The Morgan fingerprint density at radius 1 is 1.18 bits per heavy atom. The molecule has 104 valence electrons. The minimum Gasteiger partial charge on any atom is -0.378 e. The normalized spacial score (nSPS) is 15.9. The fraction of sp³-hybridized carbons (Fsp3) is 1.00. The van der Waals surface area contributed by atoms with Crippen LogP contribution in [0.25, 0.3) is 0 Å². The second-order valence-electron chi connectivity index (χ2n) is 4.47. The summed E-state index contributed by atoms with van der Waals surface area (Å²) in [4.78, 5) is 0. The molecule has 0 aromatic heterocycles. The average Bonchev–Trinajstić information content (AvgIpc) is 2.23. The van der Waals surface area contributed by atoms with Crippen molar-refractivity contribution in [3.05, 3.63) is 0 Å². The molecule has 0 saturated heterocycles. The van der Waals surface area contributed by atoms with Gasteiger partial charge in [0.15, 0.2) is 0 Å². The molecule has 0 bridgehead atoms. The predicted octanol–water partition coefficient (Wildman–Crippen LogP) is 3.50. The van der Waals surface area contributed by atoms with Crippen molar-refractivity contribution in [1.82, 2.24) is 0 Å². The van der Waals surface area contributed by atoms with Crippen molar-refractivity contribution in [1.29, 1.82) is 0 Å². The fourth-order valence-electron chi connectivity index (χ4n) is 1.52. The molecule has 2 atom stereocenters. The minimum absolute atomic E-state index is 0.122. The van der Waals surface area contributed by atoms with Gasteiger partial charge in [-0.05, 0) is 13.3 Å². The van der Waals surface area contributed by atoms with Gasteiger partial charge in [-0.1, -0.05) is 32.6 Å². The molecule has 0 aliphatic heterocycles. The first-order valence-electron chi connectivity index (χ1n) is 6.30. The van der Waals surface area contributed by atoms with Gasteiger partial charge in [0, 0.05) is 6.54 Å². The van der Waals surface area contributed by atoms with Crippen LogP contribution in [-0.4, -0.2) is 25.4 Å². The van der Waals surface area contributed by atoms with E-state index >= 15 is 0 Å². The van der Waals surface area contributed by atoms with Crippen LogP contribution >= 0.6 is 0 Å². The molecule has 0 aliphatic carbocycles. The lowest BCUT2D eigenvalue weighted by molar-refractivity contribution is -0.188. The standard InChI is InChI=1S/C12H24F3NO/c1-3-4-5-6-7-10(2)17-9-11(8-16)12(13,14)15/h10-11H,3-9,16H2,1-2H3. The van der Waals surface area contributed by atoms with Crippen molar-refractivity contribution in [3.63, 3.8) is 0 Å². The zero-order valence-corrected chi connectivity index (χ0v) is 10.7. The van der Waals surface area contributed by atoms with Gasteiger partial charge >= 0.3 is 6.18 Å². The van der Waals surface area contributed by atoms with E-state index in [1.165, 1.54) is 6.42 Å². The van der Waals surface area contributed by atoms with Gasteiger partial charge in [-0.3, -0.25) is 0 Å². The third-order valence-electron chi connectivity index (χ3n) is 2.79. The van der Waals surface area contributed by atoms with Gasteiger partial charge in [-0.25, -0.2) is 0 Å². The molecule has 0 aromatic rings. The van der Waals surface area contributed by atoms with Crippen LogP contribution in [0.3, 0.4) is 0 Å². The maximum Gasteiger partial charge on any atom is 0.395 e. The number of hydrogen-bond acceptors (Lipinski definition) is 2. The van der Waals surface area contributed by atoms with Gasteiger partial charge in [0.25, 0.3) is 0 Å². The van der Waals surface area contributed by atoms with E-state index in [0.717, 1.165) is 25.7 Å². The molecule has 0 aliphatic rings. The Bertz CT molecular complexity index is 185. The van der Waals surface area contributed by atoms with Gasteiger partial charge in [-0.15, -0.1) is 0 Å². The van der Waals surface area contributed by atoms with Crippen molar-refractivity contribution in [3.8, 4) is 0 Å². The Balaban J connectivity index is 3.70. The van der Waals surface area contributed by atoms with Gasteiger partial charge in [-0.2, -0.15) is 13.2 Å². The molecule has 0 fully saturated rings. The van der Waals surface area contributed by atoms with Crippen molar-refractivity contribution < 1.29 is 17.9 Å². The maximum atomic E-state index is 12.4. The number of hydrogen-bond donors (Lipinski definition) is 1. The highest BCUT2D eigenvalue weighted by Gasteiger charge is 2.38. The highest BCUT2D eigenvalue weighted by Crippen LogP contribution is 2.26. The topological polar surface area (TPSA) is 35.2 Å². The van der Waals surface area contributed by atoms with E-state index in [9.17, 15) is 13.2 Å². The fourth-order valence-corrected chi connectivity index (χ4v) is 1.52. The molecule has 0 rings (SSSR count). The molecule has 0 spiro atoms. The Morgan fingerprint density at radius 3 is 2.29 bits per heavy atom. The summed E-state index contributed by atoms with van der Waals surface area (Å²) in [5, 5.41) is 0. The number of rotatable bonds is 9. The largest absolute Gasteiger partial charge is 0.395 e. The molecule has 0 saturated carbocycles. The predicted molar refractivity (Wildman–Crippen MR) is 62.8 cm³/mol. The summed E-state index contributed by atoms with van der Waals surface area (Å²) in [7, 11) is 0. The molecule has 2 nitrogen and oxygen atoms in total. The van der Waals surface area contributed by atoms with E-state index in [0.29, 0.717) is 0 Å². The van der Waals surface area contributed by atoms with Crippen LogP contribution in [0.1, 0.15) is 46.0 Å². The van der Waals surface area contributed by atoms with E-state index in [2.05, 4.69) is 6.92 Å². The van der Waals surface area contributed by atoms with E-state index in [-0.39, 0.29) is 12.7 Å². The summed E-state index contributed by atoms with van der Waals surface area (Å²) in [5.41, 5.74) is 5.08. The first-order chi connectivity index (χ1) is 7.91. The summed E-state index contributed by atoms with van der Waals surface area (Å²) in [6.07, 6.45) is 0.881. The summed E-state index contributed by atoms with van der Waals surface area (Å²) >= 11 is 0. The minimum atomic E-state index is -4.25. The van der Waals surface area contributed by atoms with Crippen molar-refractivity contribution in [2.24, 2.45) is 11.7 Å². The van der Waals surface area contributed by atoms with Crippen molar-refractivity contribution >= 4 is 0 Å². The first kappa shape index (κ1) is 16.7. The maximum absolute atomic E-state index is 12.4. The van der Waals surface area contributed by atoms with Crippen LogP contribution in [0.4, 0.5) is 13.2 Å². The van der Waals surface area contributed by atoms with E-state index in [1.807, 2.05) is 6.92 Å². The Labute approximate surface area is 102 Å². The summed E-state index contributed by atoms with van der Waals surface area (Å²) in [5.74, 6) is -1.54. The van der Waals surface area contributed by atoms with Gasteiger partial charge in [0.2, 0.25) is 0 Å². The van der Waals surface area contributed by atoms with Crippen LogP contribution in [-0.2, 0) is 4.74 Å². The first-order valence-corrected chi connectivity index (χ1v) is 6.30. The molecule has 17 heavy (non-hydrogen) atoms. The van der Waals surface area contributed by atoms with Crippen molar-refractivity contribution in [2.45, 2.75) is 58.2 Å². The second-order valence-corrected chi connectivity index (χ2v) is 4.47. The molecule has 2 N–H and O–H groups in total. The van der Waals surface area contributed by atoms with Gasteiger partial charge in [0.1, 0.15) is 0 Å². The van der Waals surface area contributed by atoms with Crippen LogP contribution < -0.4 is 5.73 Å². The lowest BCUT2D eigenvalue weighted by Gasteiger charge is -2.21. The molecule has 0 aromatic carbocycles. The molecule has 2 unspecified atom stereocenters. The van der Waals surface area contributed by atoms with Crippen molar-refractivity contribution in [2.75, 3.05) is 13.2 Å². The van der Waals surface area contributed by atoms with Crippen LogP contribution in [0.15, 0.2) is 0 Å². The number of unbranched alkanes of at least 4 members (excludes halogenated alkanes) is 3. The van der Waals surface area contributed by atoms with Gasteiger partial charge < -0.3 is 10.5 Å². The monoisotopic (exact) mass is 255 g/mol. The van der Waals surface area contributed by atoms with Crippen LogP contribution in [0.5, 0.6) is 0 Å². The molecular formula is C12H24F3NO.